The van der Waals surface area contributed by atoms with Gasteiger partial charge < -0.3 is 9.47 Å². The highest BCUT2D eigenvalue weighted by atomic mass is 35.5. The molecule has 3 rings (SSSR count). The van der Waals surface area contributed by atoms with E-state index in [0.29, 0.717) is 28.7 Å². The van der Waals surface area contributed by atoms with Gasteiger partial charge in [-0.3, -0.25) is 0 Å². The van der Waals surface area contributed by atoms with Crippen LogP contribution in [0.1, 0.15) is 27.8 Å². The molecule has 3 nitrogen and oxygen atoms in total. The van der Waals surface area contributed by atoms with E-state index in [2.05, 4.69) is 12.1 Å². The fourth-order valence-electron chi connectivity index (χ4n) is 3.00. The molecule has 0 aromatic heterocycles. The molecule has 29 heavy (non-hydrogen) atoms. The minimum Gasteiger partial charge on any atom is -0.493 e. The SMILES string of the molecule is COc1cc(/C=C(/C#N)c2ccc(C)cc2)cc(Cl)c1OCc1cccc(C)c1. The predicted octanol–water partition coefficient (Wildman–Crippen LogP) is 6.61. The Balaban J connectivity index is 1.89. The third kappa shape index (κ3) is 5.19. The molecule has 0 atom stereocenters. The smallest absolute Gasteiger partial charge is 0.180 e. The Labute approximate surface area is 176 Å². The number of aryl methyl sites for hydroxylation is 2. The zero-order valence-corrected chi connectivity index (χ0v) is 17.5. The van der Waals surface area contributed by atoms with Gasteiger partial charge in [-0.25, -0.2) is 0 Å². The normalized spacial score (nSPS) is 11.1. The van der Waals surface area contributed by atoms with Crippen molar-refractivity contribution in [1.29, 1.82) is 5.26 Å². The Morgan fingerprint density at radius 1 is 1.03 bits per heavy atom. The molecule has 4 heteroatoms. The first-order valence-corrected chi connectivity index (χ1v) is 9.62. The van der Waals surface area contributed by atoms with E-state index >= 15 is 0 Å². The lowest BCUT2D eigenvalue weighted by Crippen LogP contribution is -1.99. The van der Waals surface area contributed by atoms with Gasteiger partial charge in [0.1, 0.15) is 6.61 Å². The maximum atomic E-state index is 9.59. The number of nitrogens with zero attached hydrogens (tertiary/aromatic N) is 1. The van der Waals surface area contributed by atoms with Crippen LogP contribution in [-0.2, 0) is 6.61 Å². The van der Waals surface area contributed by atoms with Crippen LogP contribution >= 0.6 is 11.6 Å². The van der Waals surface area contributed by atoms with Gasteiger partial charge in [-0.05, 0) is 48.7 Å². The van der Waals surface area contributed by atoms with Crippen molar-refractivity contribution >= 4 is 23.3 Å². The fraction of sp³-hybridized carbons (Fsp3) is 0.160. The van der Waals surface area contributed by atoms with Crippen molar-refractivity contribution in [2.24, 2.45) is 0 Å². The average Bonchev–Trinajstić information content (AvgIpc) is 2.71. The standard InChI is InChI=1S/C25H22ClNO2/c1-17-7-9-21(10-8-17)22(15-27)12-20-13-23(26)25(24(14-20)28-3)29-16-19-6-4-5-18(2)11-19/h4-14H,16H2,1-3H3/b22-12-. The molecule has 0 aliphatic carbocycles. The first-order chi connectivity index (χ1) is 14.0. The topological polar surface area (TPSA) is 42.2 Å². The van der Waals surface area contributed by atoms with Gasteiger partial charge in [0.05, 0.1) is 23.8 Å². The Bertz CT molecular complexity index is 1080. The van der Waals surface area contributed by atoms with Crippen molar-refractivity contribution in [2.45, 2.75) is 20.5 Å². The summed E-state index contributed by atoms with van der Waals surface area (Å²) in [6.07, 6.45) is 1.80. The minimum absolute atomic E-state index is 0.389. The molecule has 0 heterocycles. The number of methoxy groups -OCH3 is 1. The van der Waals surface area contributed by atoms with Gasteiger partial charge in [0.15, 0.2) is 11.5 Å². The van der Waals surface area contributed by atoms with E-state index in [4.69, 9.17) is 21.1 Å². The van der Waals surface area contributed by atoms with E-state index in [1.54, 1.807) is 19.3 Å². The van der Waals surface area contributed by atoms with Crippen molar-refractivity contribution in [3.05, 3.63) is 93.5 Å². The van der Waals surface area contributed by atoms with Crippen LogP contribution in [0.3, 0.4) is 0 Å². The van der Waals surface area contributed by atoms with Crippen LogP contribution < -0.4 is 9.47 Å². The average molecular weight is 404 g/mol. The second kappa shape index (κ2) is 9.32. The lowest BCUT2D eigenvalue weighted by Gasteiger charge is -2.14. The number of rotatable bonds is 6. The molecule has 0 aliphatic rings. The number of benzene rings is 3. The molecule has 0 radical (unpaired) electrons. The van der Waals surface area contributed by atoms with Crippen LogP contribution in [0.2, 0.25) is 5.02 Å². The van der Waals surface area contributed by atoms with Crippen molar-refractivity contribution in [2.75, 3.05) is 7.11 Å². The number of halogens is 1. The van der Waals surface area contributed by atoms with Crippen molar-refractivity contribution in [1.82, 2.24) is 0 Å². The van der Waals surface area contributed by atoms with Gasteiger partial charge >= 0.3 is 0 Å². The molecule has 0 unspecified atom stereocenters. The van der Waals surface area contributed by atoms with E-state index in [1.165, 1.54) is 5.56 Å². The van der Waals surface area contributed by atoms with Crippen LogP contribution in [0.4, 0.5) is 0 Å². The fourth-order valence-corrected chi connectivity index (χ4v) is 3.27. The van der Waals surface area contributed by atoms with Gasteiger partial charge in [-0.2, -0.15) is 5.26 Å². The van der Waals surface area contributed by atoms with E-state index in [9.17, 15) is 5.26 Å². The largest absolute Gasteiger partial charge is 0.493 e. The molecule has 0 saturated heterocycles. The van der Waals surface area contributed by atoms with Gasteiger partial charge in [0, 0.05) is 0 Å². The Morgan fingerprint density at radius 2 is 1.79 bits per heavy atom. The van der Waals surface area contributed by atoms with E-state index in [0.717, 1.165) is 22.3 Å². The highest BCUT2D eigenvalue weighted by Crippen LogP contribution is 2.38. The third-order valence-electron chi connectivity index (χ3n) is 4.51. The number of nitriles is 1. The molecule has 3 aromatic carbocycles. The summed E-state index contributed by atoms with van der Waals surface area (Å²) in [4.78, 5) is 0. The highest BCUT2D eigenvalue weighted by Gasteiger charge is 2.13. The third-order valence-corrected chi connectivity index (χ3v) is 4.79. The van der Waals surface area contributed by atoms with Crippen molar-refractivity contribution in [3.8, 4) is 17.6 Å². The zero-order valence-electron chi connectivity index (χ0n) is 16.7. The summed E-state index contributed by atoms with van der Waals surface area (Å²) in [5.74, 6) is 1.01. The molecular weight excluding hydrogens is 382 g/mol. The van der Waals surface area contributed by atoms with Gasteiger partial charge in [-0.1, -0.05) is 71.3 Å². The summed E-state index contributed by atoms with van der Waals surface area (Å²) in [5.41, 5.74) is 5.55. The van der Waals surface area contributed by atoms with Crippen LogP contribution in [-0.4, -0.2) is 7.11 Å². The molecule has 146 valence electrons. The molecule has 0 spiro atoms. The van der Waals surface area contributed by atoms with Crippen LogP contribution in [0, 0.1) is 25.2 Å². The second-order valence-corrected chi connectivity index (χ2v) is 7.25. The maximum absolute atomic E-state index is 9.59. The number of allylic oxidation sites excluding steroid dienone is 1. The molecular formula is C25H22ClNO2. The summed E-state index contributed by atoms with van der Waals surface area (Å²) in [6.45, 7) is 4.44. The lowest BCUT2D eigenvalue weighted by molar-refractivity contribution is 0.284. The van der Waals surface area contributed by atoms with E-state index in [-0.39, 0.29) is 0 Å². The molecule has 0 fully saturated rings. The van der Waals surface area contributed by atoms with Crippen molar-refractivity contribution < 1.29 is 9.47 Å². The predicted molar refractivity (Wildman–Crippen MR) is 118 cm³/mol. The Morgan fingerprint density at radius 3 is 2.45 bits per heavy atom. The van der Waals surface area contributed by atoms with Gasteiger partial charge in [-0.15, -0.1) is 0 Å². The number of hydrogen-bond donors (Lipinski definition) is 0. The highest BCUT2D eigenvalue weighted by molar-refractivity contribution is 6.32. The van der Waals surface area contributed by atoms with Crippen LogP contribution in [0.5, 0.6) is 11.5 Å². The Kier molecular flexibility index (Phi) is 6.59. The number of hydrogen-bond acceptors (Lipinski definition) is 3. The first-order valence-electron chi connectivity index (χ1n) is 9.25. The van der Waals surface area contributed by atoms with Crippen LogP contribution in [0.15, 0.2) is 60.7 Å². The van der Waals surface area contributed by atoms with Crippen LogP contribution in [0.25, 0.3) is 11.6 Å². The molecule has 0 bridgehead atoms. The quantitative estimate of drug-likeness (QED) is 0.343. The van der Waals surface area contributed by atoms with Gasteiger partial charge in [0.2, 0.25) is 0 Å². The summed E-state index contributed by atoms with van der Waals surface area (Å²) < 4.78 is 11.4. The molecule has 0 aliphatic heterocycles. The van der Waals surface area contributed by atoms with Crippen molar-refractivity contribution in [3.63, 3.8) is 0 Å². The minimum atomic E-state index is 0.389. The van der Waals surface area contributed by atoms with E-state index < -0.39 is 0 Å². The zero-order chi connectivity index (χ0) is 20.8. The second-order valence-electron chi connectivity index (χ2n) is 6.85. The summed E-state index contributed by atoms with van der Waals surface area (Å²) in [5, 5.41) is 10.0. The number of ether oxygens (including phenoxy) is 2. The lowest BCUT2D eigenvalue weighted by atomic mass is 10.0. The maximum Gasteiger partial charge on any atom is 0.180 e. The summed E-state index contributed by atoms with van der Waals surface area (Å²) >= 11 is 6.49. The summed E-state index contributed by atoms with van der Waals surface area (Å²) in [6, 6.07) is 21.8. The Hall–Kier alpha value is -3.22. The molecule has 0 saturated carbocycles. The molecule has 0 amide bonds. The molecule has 3 aromatic rings. The summed E-state index contributed by atoms with van der Waals surface area (Å²) in [7, 11) is 1.57. The molecule has 0 N–H and O–H groups in total. The first kappa shape index (κ1) is 20.5. The van der Waals surface area contributed by atoms with E-state index in [1.807, 2.05) is 62.4 Å². The monoisotopic (exact) mass is 403 g/mol. The van der Waals surface area contributed by atoms with Gasteiger partial charge in [0.25, 0.3) is 0 Å².